The van der Waals surface area contributed by atoms with E-state index >= 15 is 0 Å². The van der Waals surface area contributed by atoms with Crippen LogP contribution in [0.3, 0.4) is 0 Å². The fourth-order valence-electron chi connectivity index (χ4n) is 3.20. The van der Waals surface area contributed by atoms with Crippen LogP contribution in [-0.4, -0.2) is 63.2 Å². The minimum absolute atomic E-state index is 0.269. The van der Waals surface area contributed by atoms with Crippen molar-refractivity contribution < 1.29 is 34.7 Å². The minimum Gasteiger partial charge on any atom is -0.491 e. The summed E-state index contributed by atoms with van der Waals surface area (Å²) < 4.78 is 18.7. The first kappa shape index (κ1) is 24.3. The van der Waals surface area contributed by atoms with Gasteiger partial charge in [-0.2, -0.15) is 0 Å². The molecule has 0 spiro atoms. The number of hydrogen-bond donors (Lipinski definition) is 5. The van der Waals surface area contributed by atoms with E-state index in [4.69, 9.17) is 9.84 Å². The highest BCUT2D eigenvalue weighted by Gasteiger charge is 2.30. The molecule has 4 atom stereocenters. The highest BCUT2D eigenvalue weighted by Crippen LogP contribution is 2.31. The van der Waals surface area contributed by atoms with Crippen LogP contribution in [0.4, 0.5) is 4.39 Å². The lowest BCUT2D eigenvalue weighted by molar-refractivity contribution is -0.121. The third kappa shape index (κ3) is 6.13. The van der Waals surface area contributed by atoms with Crippen molar-refractivity contribution >= 4 is 11.3 Å². The van der Waals surface area contributed by atoms with Crippen molar-refractivity contribution in [1.82, 2.24) is 0 Å². The molecule has 172 valence electrons. The largest absolute Gasteiger partial charge is 0.491 e. The van der Waals surface area contributed by atoms with Gasteiger partial charge in [-0.15, -0.1) is 11.3 Å². The second kappa shape index (κ2) is 11.0. The van der Waals surface area contributed by atoms with Crippen molar-refractivity contribution in [3.63, 3.8) is 0 Å². The summed E-state index contributed by atoms with van der Waals surface area (Å²) in [4.78, 5) is 2.17. The maximum absolute atomic E-state index is 13.2. The first-order valence-electron chi connectivity index (χ1n) is 10.2. The Bertz CT molecular complexity index is 1010. The van der Waals surface area contributed by atoms with Gasteiger partial charge in [0.05, 0.1) is 6.61 Å². The van der Waals surface area contributed by atoms with Gasteiger partial charge in [0.1, 0.15) is 42.6 Å². The zero-order valence-corrected chi connectivity index (χ0v) is 18.4. The Labute approximate surface area is 189 Å². The molecule has 1 aromatic heterocycles. The van der Waals surface area contributed by atoms with Gasteiger partial charge < -0.3 is 30.3 Å². The molecule has 0 aliphatic heterocycles. The van der Waals surface area contributed by atoms with Gasteiger partial charge in [0.25, 0.3) is 0 Å². The SMILES string of the molecule is Cc1ccc(OC[C@H](O)[C@@H](O)[C@H](O)[C@H](O)CO)cc1Cc1ccc(-c2ccc(F)cc2)s1. The molecule has 0 fully saturated rings. The van der Waals surface area contributed by atoms with E-state index in [9.17, 15) is 24.8 Å². The second-order valence-corrected chi connectivity index (χ2v) is 8.82. The fraction of sp³-hybridized carbons (Fsp3) is 0.333. The van der Waals surface area contributed by atoms with Gasteiger partial charge in [0, 0.05) is 16.2 Å². The average Bonchev–Trinajstić information content (AvgIpc) is 3.26. The Morgan fingerprint density at radius 2 is 1.59 bits per heavy atom. The molecule has 0 amide bonds. The van der Waals surface area contributed by atoms with Crippen molar-refractivity contribution in [2.75, 3.05) is 13.2 Å². The number of hydrogen-bond acceptors (Lipinski definition) is 7. The maximum Gasteiger partial charge on any atom is 0.123 e. The predicted octanol–water partition coefficient (Wildman–Crippen LogP) is 2.27. The molecule has 8 heteroatoms. The van der Waals surface area contributed by atoms with Crippen LogP contribution in [0, 0.1) is 12.7 Å². The molecule has 0 aliphatic carbocycles. The first-order chi connectivity index (χ1) is 15.3. The standard InChI is InChI=1S/C24H27FO6S/c1-14-2-7-18(31-13-21(28)24(30)23(29)20(27)12-26)10-16(14)11-19-8-9-22(32-19)15-3-5-17(25)6-4-15/h2-10,20-21,23-24,26-30H,11-13H2,1H3/t20-,21+,23-,24-/m1/s1. The van der Waals surface area contributed by atoms with Gasteiger partial charge in [0.15, 0.2) is 0 Å². The van der Waals surface area contributed by atoms with Crippen molar-refractivity contribution in [3.8, 4) is 16.2 Å². The number of aryl methyl sites for hydroxylation is 1. The Morgan fingerprint density at radius 1 is 0.906 bits per heavy atom. The summed E-state index contributed by atoms with van der Waals surface area (Å²) in [5.41, 5.74) is 3.05. The third-order valence-corrected chi connectivity index (χ3v) is 6.36. The van der Waals surface area contributed by atoms with E-state index in [1.807, 2.05) is 31.2 Å². The number of rotatable bonds is 10. The lowest BCUT2D eigenvalue weighted by atomic mass is 10.0. The van der Waals surface area contributed by atoms with Crippen LogP contribution in [0.5, 0.6) is 5.75 Å². The molecule has 0 radical (unpaired) electrons. The van der Waals surface area contributed by atoms with E-state index in [2.05, 4.69) is 0 Å². The van der Waals surface area contributed by atoms with E-state index in [1.165, 1.54) is 12.1 Å². The number of ether oxygens (including phenoxy) is 1. The molecule has 3 rings (SSSR count). The molecular formula is C24H27FO6S. The molecule has 0 saturated heterocycles. The van der Waals surface area contributed by atoms with E-state index in [0.29, 0.717) is 12.2 Å². The third-order valence-electron chi connectivity index (χ3n) is 5.22. The summed E-state index contributed by atoms with van der Waals surface area (Å²) in [6.45, 7) is 0.949. The van der Waals surface area contributed by atoms with E-state index in [-0.39, 0.29) is 12.4 Å². The highest BCUT2D eigenvalue weighted by molar-refractivity contribution is 7.15. The van der Waals surface area contributed by atoms with Crippen LogP contribution in [0.25, 0.3) is 10.4 Å². The van der Waals surface area contributed by atoms with Gasteiger partial charge >= 0.3 is 0 Å². The van der Waals surface area contributed by atoms with Gasteiger partial charge in [-0.1, -0.05) is 18.2 Å². The van der Waals surface area contributed by atoms with Crippen molar-refractivity contribution in [1.29, 1.82) is 0 Å². The molecule has 0 saturated carbocycles. The topological polar surface area (TPSA) is 110 Å². The second-order valence-electron chi connectivity index (χ2n) is 7.65. The summed E-state index contributed by atoms with van der Waals surface area (Å²) in [7, 11) is 0. The molecule has 0 aliphatic rings. The Balaban J connectivity index is 1.64. The lowest BCUT2D eigenvalue weighted by Gasteiger charge is -2.25. The average molecular weight is 463 g/mol. The predicted molar refractivity (Wildman–Crippen MR) is 120 cm³/mol. The summed E-state index contributed by atoms with van der Waals surface area (Å²) in [6.07, 6.45) is -5.70. The number of benzene rings is 2. The number of halogens is 1. The Kier molecular flexibility index (Phi) is 8.36. The molecule has 3 aromatic rings. The molecule has 2 aromatic carbocycles. The van der Waals surface area contributed by atoms with Crippen LogP contribution in [-0.2, 0) is 6.42 Å². The van der Waals surface area contributed by atoms with Gasteiger partial charge in [0.2, 0.25) is 0 Å². The molecule has 5 N–H and O–H groups in total. The van der Waals surface area contributed by atoms with Gasteiger partial charge in [-0.3, -0.25) is 0 Å². The lowest BCUT2D eigenvalue weighted by Crippen LogP contribution is -2.47. The molecular weight excluding hydrogens is 435 g/mol. The summed E-state index contributed by atoms with van der Waals surface area (Å²) in [5, 5.41) is 47.9. The van der Waals surface area contributed by atoms with Crippen LogP contribution in [0.1, 0.15) is 16.0 Å². The summed E-state index contributed by atoms with van der Waals surface area (Å²) in [5.74, 6) is 0.221. The number of aliphatic hydroxyl groups is 5. The summed E-state index contributed by atoms with van der Waals surface area (Å²) in [6, 6.07) is 15.9. The molecule has 6 nitrogen and oxygen atoms in total. The van der Waals surface area contributed by atoms with Gasteiger partial charge in [-0.05, 0) is 60.0 Å². The highest BCUT2D eigenvalue weighted by atomic mass is 32.1. The molecule has 0 bridgehead atoms. The van der Waals surface area contributed by atoms with Crippen LogP contribution >= 0.6 is 11.3 Å². The van der Waals surface area contributed by atoms with E-state index in [1.54, 1.807) is 29.5 Å². The van der Waals surface area contributed by atoms with E-state index in [0.717, 1.165) is 26.4 Å². The Hall–Kier alpha value is -2.33. The zero-order valence-electron chi connectivity index (χ0n) is 17.6. The zero-order chi connectivity index (χ0) is 23.3. The number of thiophene rings is 1. The Morgan fingerprint density at radius 3 is 2.28 bits per heavy atom. The summed E-state index contributed by atoms with van der Waals surface area (Å²) >= 11 is 1.62. The molecule has 1 heterocycles. The first-order valence-corrected chi connectivity index (χ1v) is 11.0. The molecule has 0 unspecified atom stereocenters. The maximum atomic E-state index is 13.2. The minimum atomic E-state index is -1.69. The quantitative estimate of drug-likeness (QED) is 0.316. The number of aliphatic hydroxyl groups excluding tert-OH is 5. The fourth-order valence-corrected chi connectivity index (χ4v) is 4.24. The normalized spacial score (nSPS) is 15.2. The van der Waals surface area contributed by atoms with Gasteiger partial charge in [-0.25, -0.2) is 4.39 Å². The smallest absolute Gasteiger partial charge is 0.123 e. The van der Waals surface area contributed by atoms with E-state index < -0.39 is 31.0 Å². The van der Waals surface area contributed by atoms with Crippen LogP contribution < -0.4 is 4.74 Å². The van der Waals surface area contributed by atoms with Crippen molar-refractivity contribution in [3.05, 3.63) is 76.4 Å². The van der Waals surface area contributed by atoms with Crippen molar-refractivity contribution in [2.45, 2.75) is 37.8 Å². The monoisotopic (exact) mass is 462 g/mol. The van der Waals surface area contributed by atoms with Crippen LogP contribution in [0.2, 0.25) is 0 Å². The molecule has 32 heavy (non-hydrogen) atoms. The van der Waals surface area contributed by atoms with Crippen LogP contribution in [0.15, 0.2) is 54.6 Å². The van der Waals surface area contributed by atoms with Crippen molar-refractivity contribution in [2.24, 2.45) is 0 Å².